The lowest BCUT2D eigenvalue weighted by Gasteiger charge is -2.23. The van der Waals surface area contributed by atoms with E-state index in [1.807, 2.05) is 43.3 Å². The molecule has 0 unspecified atom stereocenters. The minimum Gasteiger partial charge on any atom is -0.385 e. The van der Waals surface area contributed by atoms with E-state index >= 15 is 0 Å². The van der Waals surface area contributed by atoms with Gasteiger partial charge in [0, 0.05) is 26.5 Å². The molecule has 1 aliphatic rings. The summed E-state index contributed by atoms with van der Waals surface area (Å²) in [7, 11) is 1.64. The number of amides is 1. The molecule has 1 saturated heterocycles. The van der Waals surface area contributed by atoms with Crippen LogP contribution < -0.4 is 10.9 Å². The third-order valence-electron chi connectivity index (χ3n) is 5.35. The van der Waals surface area contributed by atoms with Crippen LogP contribution in [0.25, 0.3) is 11.7 Å². The zero-order valence-electron chi connectivity index (χ0n) is 18.4. The highest BCUT2D eigenvalue weighted by atomic mass is 32.2. The number of ether oxygens (including phenoxy) is 1. The van der Waals surface area contributed by atoms with Gasteiger partial charge in [0.2, 0.25) is 0 Å². The van der Waals surface area contributed by atoms with E-state index in [1.165, 1.54) is 16.2 Å². The molecule has 3 heterocycles. The van der Waals surface area contributed by atoms with E-state index < -0.39 is 0 Å². The Balaban J connectivity index is 1.71. The first-order chi connectivity index (χ1) is 16.0. The number of methoxy groups -OCH3 is 1. The molecular weight excluding hydrogens is 456 g/mol. The molecule has 33 heavy (non-hydrogen) atoms. The number of benzene rings is 1. The molecule has 0 spiro atoms. The molecule has 1 amide bonds. The lowest BCUT2D eigenvalue weighted by atomic mass is 10.1. The van der Waals surface area contributed by atoms with Crippen molar-refractivity contribution in [1.29, 1.82) is 0 Å². The fraction of sp³-hybridized carbons (Fsp3) is 0.250. The van der Waals surface area contributed by atoms with Crippen LogP contribution in [0.15, 0.2) is 64.4 Å². The number of hydrogen-bond acceptors (Lipinski definition) is 7. The van der Waals surface area contributed by atoms with E-state index in [2.05, 4.69) is 10.3 Å². The Morgan fingerprint density at radius 2 is 1.94 bits per heavy atom. The van der Waals surface area contributed by atoms with Crippen molar-refractivity contribution in [2.24, 2.45) is 0 Å². The van der Waals surface area contributed by atoms with Crippen molar-refractivity contribution in [2.75, 3.05) is 25.6 Å². The van der Waals surface area contributed by atoms with Gasteiger partial charge >= 0.3 is 0 Å². The molecule has 1 fully saturated rings. The Hall–Kier alpha value is -3.01. The molecule has 0 saturated carbocycles. The Morgan fingerprint density at radius 3 is 2.70 bits per heavy atom. The van der Waals surface area contributed by atoms with E-state index in [4.69, 9.17) is 17.0 Å². The molecule has 0 aliphatic carbocycles. The van der Waals surface area contributed by atoms with Crippen LogP contribution in [0.5, 0.6) is 0 Å². The lowest BCUT2D eigenvalue weighted by molar-refractivity contribution is -0.123. The fourth-order valence-corrected chi connectivity index (χ4v) is 5.02. The van der Waals surface area contributed by atoms with E-state index in [0.29, 0.717) is 39.4 Å². The number of carbonyl (C=O) groups excluding carboxylic acids is 1. The maximum absolute atomic E-state index is 13.3. The van der Waals surface area contributed by atoms with Crippen molar-refractivity contribution in [3.63, 3.8) is 0 Å². The van der Waals surface area contributed by atoms with Crippen LogP contribution in [0.2, 0.25) is 0 Å². The number of aromatic nitrogens is 2. The second kappa shape index (κ2) is 10.3. The molecule has 0 radical (unpaired) electrons. The summed E-state index contributed by atoms with van der Waals surface area (Å²) >= 11 is 6.73. The smallest absolute Gasteiger partial charge is 0.267 e. The normalized spacial score (nSPS) is 16.1. The number of rotatable bonds is 8. The minimum atomic E-state index is -0.254. The largest absolute Gasteiger partial charge is 0.385 e. The number of fused-ring (bicyclic) bond motifs is 1. The van der Waals surface area contributed by atoms with Crippen LogP contribution in [-0.4, -0.2) is 44.8 Å². The van der Waals surface area contributed by atoms with Gasteiger partial charge in [-0.2, -0.15) is 0 Å². The van der Waals surface area contributed by atoms with Crippen LogP contribution in [0, 0.1) is 0 Å². The molecule has 1 atom stereocenters. The average Bonchev–Trinajstić information content (AvgIpc) is 3.11. The highest BCUT2D eigenvalue weighted by molar-refractivity contribution is 8.26. The van der Waals surface area contributed by atoms with Gasteiger partial charge in [-0.25, -0.2) is 4.98 Å². The van der Waals surface area contributed by atoms with Crippen molar-refractivity contribution in [3.8, 4) is 0 Å². The number of thioether (sulfide) groups is 1. The summed E-state index contributed by atoms with van der Waals surface area (Å²) in [5, 5.41) is 3.22. The number of pyridine rings is 1. The second-order valence-corrected chi connectivity index (χ2v) is 9.20. The summed E-state index contributed by atoms with van der Waals surface area (Å²) in [6.07, 6.45) is 4.02. The van der Waals surface area contributed by atoms with Gasteiger partial charge in [0.15, 0.2) is 0 Å². The molecule has 4 rings (SSSR count). The van der Waals surface area contributed by atoms with E-state index in [1.54, 1.807) is 36.4 Å². The molecule has 0 bridgehead atoms. The maximum atomic E-state index is 13.3. The van der Waals surface area contributed by atoms with Crippen molar-refractivity contribution in [1.82, 2.24) is 14.3 Å². The number of anilines is 1. The minimum absolute atomic E-state index is 0.216. The highest BCUT2D eigenvalue weighted by Gasteiger charge is 2.36. The van der Waals surface area contributed by atoms with Crippen LogP contribution in [0.1, 0.15) is 30.5 Å². The van der Waals surface area contributed by atoms with Gasteiger partial charge < -0.3 is 10.1 Å². The number of carbonyl (C=O) groups is 1. The standard InChI is InChI=1S/C24H24N4O3S2/c1-16(17-9-4-3-5-10-17)28-23(30)19(33-24(28)32)15-18-21(25-12-8-14-31-2)26-20-11-6-7-13-27(20)22(18)29/h3-7,9-11,13,15-16,25H,8,12,14H2,1-2H3/b19-15-/t16-/m1/s1. The van der Waals surface area contributed by atoms with E-state index in [9.17, 15) is 9.59 Å². The first-order valence-electron chi connectivity index (χ1n) is 10.6. The van der Waals surface area contributed by atoms with Crippen molar-refractivity contribution >= 4 is 51.7 Å². The molecule has 1 N–H and O–H groups in total. The van der Waals surface area contributed by atoms with Crippen molar-refractivity contribution in [2.45, 2.75) is 19.4 Å². The Morgan fingerprint density at radius 1 is 1.18 bits per heavy atom. The quantitative estimate of drug-likeness (QED) is 0.295. The maximum Gasteiger partial charge on any atom is 0.267 e. The average molecular weight is 481 g/mol. The third-order valence-corrected chi connectivity index (χ3v) is 6.69. The number of nitrogens with one attached hydrogen (secondary N) is 1. The van der Waals surface area contributed by atoms with Gasteiger partial charge in [-0.05, 0) is 37.1 Å². The predicted octanol–water partition coefficient (Wildman–Crippen LogP) is 4.11. The summed E-state index contributed by atoms with van der Waals surface area (Å²) in [4.78, 5) is 33.2. The SMILES string of the molecule is COCCCNc1nc2ccccn2c(=O)c1/C=C1\SC(=S)N([C@H](C)c2ccccc2)C1=O. The van der Waals surface area contributed by atoms with Gasteiger partial charge in [0.1, 0.15) is 15.8 Å². The van der Waals surface area contributed by atoms with Gasteiger partial charge in [0.05, 0.1) is 16.5 Å². The zero-order valence-corrected chi connectivity index (χ0v) is 20.0. The molecular formula is C24H24N4O3S2. The summed E-state index contributed by atoms with van der Waals surface area (Å²) in [6.45, 7) is 3.11. The van der Waals surface area contributed by atoms with E-state index in [0.717, 1.165) is 12.0 Å². The van der Waals surface area contributed by atoms with Gasteiger partial charge in [-0.15, -0.1) is 0 Å². The number of hydrogen-bond donors (Lipinski definition) is 1. The first-order valence-corrected chi connectivity index (χ1v) is 11.8. The highest BCUT2D eigenvalue weighted by Crippen LogP contribution is 2.38. The predicted molar refractivity (Wildman–Crippen MR) is 136 cm³/mol. The van der Waals surface area contributed by atoms with Crippen molar-refractivity contribution in [3.05, 3.63) is 81.1 Å². The molecule has 3 aromatic rings. The summed E-state index contributed by atoms with van der Waals surface area (Å²) in [5.41, 5.74) is 1.59. The molecule has 1 aromatic carbocycles. The molecule has 2 aromatic heterocycles. The summed E-state index contributed by atoms with van der Waals surface area (Å²) in [6, 6.07) is 14.9. The summed E-state index contributed by atoms with van der Waals surface area (Å²) < 4.78 is 7.04. The lowest BCUT2D eigenvalue weighted by Crippen LogP contribution is -2.31. The molecule has 170 valence electrons. The van der Waals surface area contributed by atoms with Crippen molar-refractivity contribution < 1.29 is 9.53 Å². The van der Waals surface area contributed by atoms with Gasteiger partial charge in [-0.3, -0.25) is 18.9 Å². The van der Waals surface area contributed by atoms with E-state index in [-0.39, 0.29) is 17.5 Å². The third kappa shape index (κ3) is 4.85. The Labute approximate surface area is 201 Å². The topological polar surface area (TPSA) is 75.9 Å². The Kier molecular flexibility index (Phi) is 7.22. The zero-order chi connectivity index (χ0) is 23.4. The number of thiocarbonyl (C=S) groups is 1. The van der Waals surface area contributed by atoms with Crippen LogP contribution >= 0.6 is 24.0 Å². The van der Waals surface area contributed by atoms with Gasteiger partial charge in [-0.1, -0.05) is 60.4 Å². The fourth-order valence-electron chi connectivity index (χ4n) is 3.62. The number of nitrogens with zero attached hydrogens (tertiary/aromatic N) is 3. The molecule has 9 heteroatoms. The molecule has 1 aliphatic heterocycles. The monoisotopic (exact) mass is 480 g/mol. The Bertz CT molecular complexity index is 1270. The summed E-state index contributed by atoms with van der Waals surface area (Å²) in [5.74, 6) is 0.216. The van der Waals surface area contributed by atoms with Crippen LogP contribution in [-0.2, 0) is 9.53 Å². The van der Waals surface area contributed by atoms with Crippen LogP contribution in [0.4, 0.5) is 5.82 Å². The van der Waals surface area contributed by atoms with Crippen LogP contribution in [0.3, 0.4) is 0 Å². The second-order valence-electron chi connectivity index (χ2n) is 7.52. The first kappa shape index (κ1) is 23.2. The molecule has 7 nitrogen and oxygen atoms in total. The van der Waals surface area contributed by atoms with Gasteiger partial charge in [0.25, 0.3) is 11.5 Å².